The molecule has 4 heteroatoms. The molecule has 22 heavy (non-hydrogen) atoms. The van der Waals surface area contributed by atoms with Crippen molar-refractivity contribution >= 4 is 5.96 Å². The lowest BCUT2D eigenvalue weighted by Gasteiger charge is -2.31. The Labute approximate surface area is 134 Å². The fourth-order valence-corrected chi connectivity index (χ4v) is 3.35. The summed E-state index contributed by atoms with van der Waals surface area (Å²) in [4.78, 5) is 4.41. The third-order valence-electron chi connectivity index (χ3n) is 4.63. The molecule has 0 aromatic heterocycles. The van der Waals surface area contributed by atoms with Crippen molar-refractivity contribution in [3.8, 4) is 0 Å². The highest BCUT2D eigenvalue weighted by atomic mass is 15.4. The number of guanidine groups is 1. The minimum Gasteiger partial charge on any atom is -0.370 e. The number of nitrogens with one attached hydrogen (secondary N) is 1. The van der Waals surface area contributed by atoms with Crippen LogP contribution in [-0.2, 0) is 6.54 Å². The van der Waals surface area contributed by atoms with Crippen LogP contribution in [0.4, 0.5) is 0 Å². The number of nitrogens with zero attached hydrogens (tertiary/aromatic N) is 2. The Bertz CT molecular complexity index is 486. The maximum absolute atomic E-state index is 7.71. The van der Waals surface area contributed by atoms with Gasteiger partial charge in [-0.3, -0.25) is 10.3 Å². The Hall–Kier alpha value is -1.55. The van der Waals surface area contributed by atoms with E-state index in [1.54, 1.807) is 0 Å². The molecule has 0 spiro atoms. The van der Waals surface area contributed by atoms with Gasteiger partial charge in [0.05, 0.1) is 6.67 Å². The van der Waals surface area contributed by atoms with Crippen LogP contribution < -0.4 is 5.73 Å². The van der Waals surface area contributed by atoms with E-state index in [2.05, 4.69) is 43.0 Å². The second kappa shape index (κ2) is 8.18. The van der Waals surface area contributed by atoms with Crippen LogP contribution in [0.5, 0.6) is 0 Å². The molecule has 1 unspecified atom stereocenters. The van der Waals surface area contributed by atoms with E-state index in [0.717, 1.165) is 19.8 Å². The molecule has 1 atom stereocenters. The molecule has 0 amide bonds. The summed E-state index contributed by atoms with van der Waals surface area (Å²) in [6.45, 7) is 6.81. The second-order valence-electron chi connectivity index (χ2n) is 6.19. The van der Waals surface area contributed by atoms with Crippen LogP contribution in [0.3, 0.4) is 0 Å². The standard InChI is InChI=1S/C18H30N4/c1-3-5-6-7-12-17-16-11-9-8-10-15(16)13-22(17)14-21(4-2)18(19)20/h8-11,17H,3-7,12-14H2,1-2H3,(H3,19,20). The Kier molecular flexibility index (Phi) is 6.25. The van der Waals surface area contributed by atoms with E-state index < -0.39 is 0 Å². The zero-order chi connectivity index (χ0) is 15.9. The van der Waals surface area contributed by atoms with Gasteiger partial charge in [0.25, 0.3) is 0 Å². The average Bonchev–Trinajstić information content (AvgIpc) is 2.86. The molecule has 1 aromatic rings. The Morgan fingerprint density at radius 2 is 2.05 bits per heavy atom. The first-order chi connectivity index (χ1) is 10.7. The molecule has 3 N–H and O–H groups in total. The number of unbranched alkanes of at least 4 members (excludes halogenated alkanes) is 3. The van der Waals surface area contributed by atoms with Crippen molar-refractivity contribution in [2.45, 2.75) is 58.5 Å². The van der Waals surface area contributed by atoms with Gasteiger partial charge in [-0.15, -0.1) is 0 Å². The lowest BCUT2D eigenvalue weighted by molar-refractivity contribution is 0.137. The van der Waals surface area contributed by atoms with E-state index in [1.807, 2.05) is 4.90 Å². The predicted octanol–water partition coefficient (Wildman–Crippen LogP) is 3.69. The van der Waals surface area contributed by atoms with Crippen LogP contribution in [0.15, 0.2) is 24.3 Å². The third kappa shape index (κ3) is 4.01. The summed E-state index contributed by atoms with van der Waals surface area (Å²) in [6, 6.07) is 9.24. The van der Waals surface area contributed by atoms with Crippen molar-refractivity contribution < 1.29 is 0 Å². The zero-order valence-corrected chi connectivity index (χ0v) is 14.0. The maximum atomic E-state index is 7.71. The molecule has 0 bridgehead atoms. The first-order valence-corrected chi connectivity index (χ1v) is 8.58. The lowest BCUT2D eigenvalue weighted by atomic mass is 9.99. The summed E-state index contributed by atoms with van der Waals surface area (Å²) in [5.41, 5.74) is 8.60. The number of rotatable bonds is 8. The molecule has 1 aromatic carbocycles. The molecule has 0 radical (unpaired) electrons. The van der Waals surface area contributed by atoms with Crippen molar-refractivity contribution in [2.75, 3.05) is 13.2 Å². The Morgan fingerprint density at radius 3 is 2.73 bits per heavy atom. The largest absolute Gasteiger partial charge is 0.370 e. The summed E-state index contributed by atoms with van der Waals surface area (Å²) in [7, 11) is 0. The molecule has 4 nitrogen and oxygen atoms in total. The van der Waals surface area contributed by atoms with Gasteiger partial charge in [-0.2, -0.15) is 0 Å². The number of hydrogen-bond donors (Lipinski definition) is 2. The monoisotopic (exact) mass is 302 g/mol. The van der Waals surface area contributed by atoms with Gasteiger partial charge in [0.15, 0.2) is 5.96 Å². The summed E-state index contributed by atoms with van der Waals surface area (Å²) >= 11 is 0. The van der Waals surface area contributed by atoms with Gasteiger partial charge in [0.2, 0.25) is 0 Å². The van der Waals surface area contributed by atoms with Crippen molar-refractivity contribution in [3.05, 3.63) is 35.4 Å². The van der Waals surface area contributed by atoms with E-state index in [4.69, 9.17) is 11.1 Å². The second-order valence-corrected chi connectivity index (χ2v) is 6.19. The summed E-state index contributed by atoms with van der Waals surface area (Å²) < 4.78 is 0. The summed E-state index contributed by atoms with van der Waals surface area (Å²) in [6.07, 6.45) is 6.39. The highest BCUT2D eigenvalue weighted by Gasteiger charge is 2.30. The molecule has 1 aliphatic heterocycles. The fraction of sp³-hybridized carbons (Fsp3) is 0.611. The van der Waals surface area contributed by atoms with Gasteiger partial charge in [-0.25, -0.2) is 0 Å². The van der Waals surface area contributed by atoms with Crippen LogP contribution in [0, 0.1) is 5.41 Å². The molecule has 0 aliphatic carbocycles. The lowest BCUT2D eigenvalue weighted by Crippen LogP contribution is -2.43. The Morgan fingerprint density at radius 1 is 1.27 bits per heavy atom. The predicted molar refractivity (Wildman–Crippen MR) is 92.6 cm³/mol. The van der Waals surface area contributed by atoms with Gasteiger partial charge in [-0.1, -0.05) is 56.9 Å². The van der Waals surface area contributed by atoms with Gasteiger partial charge < -0.3 is 10.6 Å². The smallest absolute Gasteiger partial charge is 0.189 e. The van der Waals surface area contributed by atoms with E-state index in [0.29, 0.717) is 6.04 Å². The molecular weight excluding hydrogens is 272 g/mol. The maximum Gasteiger partial charge on any atom is 0.189 e. The topological polar surface area (TPSA) is 56.4 Å². The fourth-order valence-electron chi connectivity index (χ4n) is 3.35. The van der Waals surface area contributed by atoms with Gasteiger partial charge in [-0.05, 0) is 24.5 Å². The van der Waals surface area contributed by atoms with Gasteiger partial charge >= 0.3 is 0 Å². The van der Waals surface area contributed by atoms with Crippen LogP contribution in [0.2, 0.25) is 0 Å². The van der Waals surface area contributed by atoms with Crippen LogP contribution in [0.1, 0.15) is 63.1 Å². The zero-order valence-electron chi connectivity index (χ0n) is 14.0. The molecular formula is C18H30N4. The quantitative estimate of drug-likeness (QED) is 0.437. The minimum atomic E-state index is 0.170. The minimum absolute atomic E-state index is 0.170. The van der Waals surface area contributed by atoms with Crippen molar-refractivity contribution in [1.82, 2.24) is 9.80 Å². The summed E-state index contributed by atoms with van der Waals surface area (Å²) in [5, 5.41) is 7.71. The van der Waals surface area contributed by atoms with Gasteiger partial charge in [0.1, 0.15) is 0 Å². The van der Waals surface area contributed by atoms with E-state index in [-0.39, 0.29) is 5.96 Å². The molecule has 0 saturated carbocycles. The van der Waals surface area contributed by atoms with Crippen LogP contribution in [-0.4, -0.2) is 29.0 Å². The average molecular weight is 302 g/mol. The number of fused-ring (bicyclic) bond motifs is 1. The molecule has 0 fully saturated rings. The summed E-state index contributed by atoms with van der Waals surface area (Å²) in [5.74, 6) is 0.170. The Balaban J connectivity index is 2.06. The van der Waals surface area contributed by atoms with E-state index in [1.165, 1.54) is 43.2 Å². The first kappa shape index (κ1) is 16.8. The molecule has 0 saturated heterocycles. The SMILES string of the molecule is CCCCCCC1c2ccccc2CN1CN(CC)C(=N)N. The van der Waals surface area contributed by atoms with E-state index >= 15 is 0 Å². The third-order valence-corrected chi connectivity index (χ3v) is 4.63. The van der Waals surface area contributed by atoms with Crippen molar-refractivity contribution in [2.24, 2.45) is 5.73 Å². The van der Waals surface area contributed by atoms with E-state index in [9.17, 15) is 0 Å². The molecule has 122 valence electrons. The number of nitrogens with two attached hydrogens (primary N) is 1. The van der Waals surface area contributed by atoms with Gasteiger partial charge in [0, 0.05) is 19.1 Å². The van der Waals surface area contributed by atoms with Crippen LogP contribution in [0.25, 0.3) is 0 Å². The van der Waals surface area contributed by atoms with Crippen molar-refractivity contribution in [1.29, 1.82) is 5.41 Å². The normalized spacial score (nSPS) is 17.5. The van der Waals surface area contributed by atoms with Crippen LogP contribution >= 0.6 is 0 Å². The number of hydrogen-bond acceptors (Lipinski definition) is 2. The molecule has 1 heterocycles. The molecule has 2 rings (SSSR count). The first-order valence-electron chi connectivity index (χ1n) is 8.58. The number of benzene rings is 1. The highest BCUT2D eigenvalue weighted by molar-refractivity contribution is 5.74. The highest BCUT2D eigenvalue weighted by Crippen LogP contribution is 2.37. The molecule has 1 aliphatic rings. The van der Waals surface area contributed by atoms with Crippen molar-refractivity contribution in [3.63, 3.8) is 0 Å².